The Morgan fingerprint density at radius 2 is 2.16 bits per heavy atom. The van der Waals surface area contributed by atoms with Crippen molar-refractivity contribution >= 4 is 0 Å². The number of fused-ring (bicyclic) bond motifs is 1. The summed E-state index contributed by atoms with van der Waals surface area (Å²) in [6.45, 7) is 9.20. The van der Waals surface area contributed by atoms with Crippen LogP contribution < -0.4 is 5.32 Å². The molecule has 1 aromatic rings. The molecule has 2 heterocycles. The van der Waals surface area contributed by atoms with Crippen molar-refractivity contribution in [3.05, 3.63) is 17.2 Å². The van der Waals surface area contributed by atoms with Crippen LogP contribution in [0.4, 0.5) is 0 Å². The summed E-state index contributed by atoms with van der Waals surface area (Å²) in [5, 5.41) is 3.41. The van der Waals surface area contributed by atoms with Crippen molar-refractivity contribution in [1.82, 2.24) is 14.9 Å². The number of nitrogens with zero attached hydrogens (tertiary/aromatic N) is 2. The third-order valence-corrected chi connectivity index (χ3v) is 3.56. The third kappa shape index (κ3) is 3.80. The predicted octanol–water partition coefficient (Wildman–Crippen LogP) is 2.30. The molecule has 1 N–H and O–H groups in total. The summed E-state index contributed by atoms with van der Waals surface area (Å²) in [7, 11) is 0. The second-order valence-electron chi connectivity index (χ2n) is 5.22. The van der Waals surface area contributed by atoms with Crippen LogP contribution in [0.25, 0.3) is 0 Å². The molecule has 4 heteroatoms. The summed E-state index contributed by atoms with van der Waals surface area (Å²) in [5.74, 6) is 1.27. The molecule has 1 aliphatic rings. The second-order valence-corrected chi connectivity index (χ2v) is 5.22. The lowest BCUT2D eigenvalue weighted by atomic mass is 10.2. The topological polar surface area (TPSA) is 39.1 Å². The molecular formula is C15H27N3O. The number of nitrogens with one attached hydrogen (secondary N) is 1. The second kappa shape index (κ2) is 7.65. The smallest absolute Gasteiger partial charge is 0.109 e. The first-order valence-electron chi connectivity index (χ1n) is 7.72. The van der Waals surface area contributed by atoms with Gasteiger partial charge in [-0.25, -0.2) is 4.98 Å². The molecule has 0 atom stereocenters. The van der Waals surface area contributed by atoms with Gasteiger partial charge in [0.05, 0.1) is 5.69 Å². The van der Waals surface area contributed by atoms with Crippen LogP contribution in [0, 0.1) is 0 Å². The fourth-order valence-electron chi connectivity index (χ4n) is 2.68. The first kappa shape index (κ1) is 14.5. The van der Waals surface area contributed by atoms with Crippen LogP contribution in [0.5, 0.6) is 0 Å². The van der Waals surface area contributed by atoms with E-state index < -0.39 is 0 Å². The van der Waals surface area contributed by atoms with Gasteiger partial charge in [-0.15, -0.1) is 0 Å². The van der Waals surface area contributed by atoms with Gasteiger partial charge in [-0.1, -0.05) is 13.8 Å². The number of aryl methyl sites for hydroxylation is 1. The average molecular weight is 265 g/mol. The molecule has 0 unspecified atom stereocenters. The van der Waals surface area contributed by atoms with Gasteiger partial charge in [-0.3, -0.25) is 0 Å². The van der Waals surface area contributed by atoms with E-state index in [1.807, 2.05) is 0 Å². The lowest BCUT2D eigenvalue weighted by Gasteiger charge is -2.16. The van der Waals surface area contributed by atoms with Gasteiger partial charge < -0.3 is 14.6 Å². The van der Waals surface area contributed by atoms with E-state index in [0.29, 0.717) is 0 Å². The van der Waals surface area contributed by atoms with Gasteiger partial charge in [-0.2, -0.15) is 0 Å². The van der Waals surface area contributed by atoms with Crippen LogP contribution in [0.1, 0.15) is 50.3 Å². The van der Waals surface area contributed by atoms with Gasteiger partial charge in [0.25, 0.3) is 0 Å². The molecule has 2 rings (SSSR count). The molecule has 0 spiro atoms. The van der Waals surface area contributed by atoms with Crippen molar-refractivity contribution in [3.63, 3.8) is 0 Å². The highest BCUT2D eigenvalue weighted by atomic mass is 16.5. The summed E-state index contributed by atoms with van der Waals surface area (Å²) < 4.78 is 8.03. The van der Waals surface area contributed by atoms with Crippen LogP contribution in [-0.2, 0) is 30.7 Å². The maximum absolute atomic E-state index is 5.58. The van der Waals surface area contributed by atoms with E-state index in [0.717, 1.165) is 65.0 Å². The summed E-state index contributed by atoms with van der Waals surface area (Å²) in [6.07, 6.45) is 5.56. The Kier molecular flexibility index (Phi) is 5.86. The minimum Gasteiger partial charge on any atom is -0.381 e. The highest BCUT2D eigenvalue weighted by Crippen LogP contribution is 2.17. The molecule has 108 valence electrons. The van der Waals surface area contributed by atoms with Crippen LogP contribution in [0.15, 0.2) is 0 Å². The van der Waals surface area contributed by atoms with Crippen molar-refractivity contribution in [2.24, 2.45) is 0 Å². The fourth-order valence-corrected chi connectivity index (χ4v) is 2.68. The number of imidazole rings is 1. The number of ether oxygens (including phenoxy) is 1. The maximum Gasteiger partial charge on any atom is 0.109 e. The van der Waals surface area contributed by atoms with E-state index >= 15 is 0 Å². The molecular weight excluding hydrogens is 238 g/mol. The number of rotatable bonds is 8. The monoisotopic (exact) mass is 265 g/mol. The molecule has 19 heavy (non-hydrogen) atoms. The van der Waals surface area contributed by atoms with Crippen molar-refractivity contribution in [2.45, 2.75) is 59.0 Å². The minimum atomic E-state index is 0.866. The largest absolute Gasteiger partial charge is 0.381 e. The highest BCUT2D eigenvalue weighted by Gasteiger charge is 2.18. The van der Waals surface area contributed by atoms with Crippen molar-refractivity contribution in [2.75, 3.05) is 19.8 Å². The molecule has 0 aliphatic carbocycles. The van der Waals surface area contributed by atoms with E-state index in [9.17, 15) is 0 Å². The first-order valence-corrected chi connectivity index (χ1v) is 7.72. The van der Waals surface area contributed by atoms with E-state index in [1.165, 1.54) is 17.2 Å². The van der Waals surface area contributed by atoms with E-state index in [-0.39, 0.29) is 0 Å². The van der Waals surface area contributed by atoms with E-state index in [4.69, 9.17) is 9.72 Å². The molecule has 0 bridgehead atoms. The van der Waals surface area contributed by atoms with Gasteiger partial charge in [0, 0.05) is 51.4 Å². The molecule has 0 aromatic carbocycles. The third-order valence-electron chi connectivity index (χ3n) is 3.56. The standard InChI is InChI=1S/C15H27N3O/c1-3-6-15-17-13-12-16-8-7-14(13)18(15)9-5-11-19-10-4-2/h16H,3-12H2,1-2H3. The zero-order chi connectivity index (χ0) is 13.5. The van der Waals surface area contributed by atoms with Crippen molar-refractivity contribution < 1.29 is 4.74 Å². The molecule has 0 radical (unpaired) electrons. The normalized spacial score (nSPS) is 14.6. The van der Waals surface area contributed by atoms with Gasteiger partial charge in [0.2, 0.25) is 0 Å². The first-order chi connectivity index (χ1) is 9.36. The average Bonchev–Trinajstić information content (AvgIpc) is 2.77. The summed E-state index contributed by atoms with van der Waals surface area (Å²) in [5.41, 5.74) is 2.72. The van der Waals surface area contributed by atoms with E-state index in [1.54, 1.807) is 0 Å². The molecule has 1 aliphatic heterocycles. The quantitative estimate of drug-likeness (QED) is 0.733. The molecule has 0 fully saturated rings. The summed E-state index contributed by atoms with van der Waals surface area (Å²) in [4.78, 5) is 4.82. The van der Waals surface area contributed by atoms with Crippen LogP contribution in [0.2, 0.25) is 0 Å². The minimum absolute atomic E-state index is 0.866. The zero-order valence-corrected chi connectivity index (χ0v) is 12.4. The number of hydrogen-bond acceptors (Lipinski definition) is 3. The van der Waals surface area contributed by atoms with Crippen molar-refractivity contribution in [1.29, 1.82) is 0 Å². The van der Waals surface area contributed by atoms with E-state index in [2.05, 4.69) is 23.7 Å². The predicted molar refractivity (Wildman–Crippen MR) is 77.4 cm³/mol. The molecule has 0 amide bonds. The SMILES string of the molecule is CCCOCCCn1c(CCC)nc2c1CCNC2. The van der Waals surface area contributed by atoms with Gasteiger partial charge in [0.1, 0.15) is 5.82 Å². The molecule has 1 aromatic heterocycles. The Morgan fingerprint density at radius 1 is 1.26 bits per heavy atom. The summed E-state index contributed by atoms with van der Waals surface area (Å²) in [6, 6.07) is 0. The Morgan fingerprint density at radius 3 is 2.95 bits per heavy atom. The number of aromatic nitrogens is 2. The Balaban J connectivity index is 1.98. The lowest BCUT2D eigenvalue weighted by Crippen LogP contribution is -2.25. The zero-order valence-electron chi connectivity index (χ0n) is 12.4. The van der Waals surface area contributed by atoms with Gasteiger partial charge in [-0.05, 0) is 19.3 Å². The highest BCUT2D eigenvalue weighted by molar-refractivity contribution is 5.20. The van der Waals surface area contributed by atoms with Gasteiger partial charge in [0.15, 0.2) is 0 Å². The van der Waals surface area contributed by atoms with Gasteiger partial charge >= 0.3 is 0 Å². The molecule has 0 saturated carbocycles. The molecule has 4 nitrogen and oxygen atoms in total. The van der Waals surface area contributed by atoms with Crippen LogP contribution in [0.3, 0.4) is 0 Å². The summed E-state index contributed by atoms with van der Waals surface area (Å²) >= 11 is 0. The Labute approximate surface area is 116 Å². The van der Waals surface area contributed by atoms with Crippen LogP contribution >= 0.6 is 0 Å². The lowest BCUT2D eigenvalue weighted by molar-refractivity contribution is 0.129. The van der Waals surface area contributed by atoms with Crippen LogP contribution in [-0.4, -0.2) is 29.3 Å². The Hall–Kier alpha value is -0.870. The fraction of sp³-hybridized carbons (Fsp3) is 0.800. The number of hydrogen-bond donors (Lipinski definition) is 1. The van der Waals surface area contributed by atoms with Crippen molar-refractivity contribution in [3.8, 4) is 0 Å². The molecule has 0 saturated heterocycles. The maximum atomic E-state index is 5.58. The Bertz CT molecular complexity index is 387.